The lowest BCUT2D eigenvalue weighted by molar-refractivity contribution is -0.128. The van der Waals surface area contributed by atoms with Gasteiger partial charge in [-0.3, -0.25) is 4.79 Å². The molecule has 2 rings (SSSR count). The third-order valence-electron chi connectivity index (χ3n) is 3.29. The van der Waals surface area contributed by atoms with Crippen LogP contribution in [0.5, 0.6) is 0 Å². The first-order valence-corrected chi connectivity index (χ1v) is 5.58. The maximum Gasteiger partial charge on any atom is 0.233 e. The van der Waals surface area contributed by atoms with Gasteiger partial charge in [-0.25, -0.2) is 0 Å². The minimum atomic E-state index is -0.681. The number of benzene rings is 1. The molecule has 1 aliphatic rings. The molecule has 3 heteroatoms. The van der Waals surface area contributed by atoms with Crippen LogP contribution in [-0.4, -0.2) is 18.1 Å². The van der Waals surface area contributed by atoms with E-state index >= 15 is 0 Å². The van der Waals surface area contributed by atoms with Crippen LogP contribution in [0, 0.1) is 11.8 Å². The first-order chi connectivity index (χ1) is 7.54. The highest BCUT2D eigenvalue weighted by molar-refractivity contribution is 5.98. The van der Waals surface area contributed by atoms with Crippen molar-refractivity contribution in [2.75, 3.05) is 11.9 Å². The number of hydrogen-bond donors (Lipinski definition) is 1. The second-order valence-corrected chi connectivity index (χ2v) is 4.67. The summed E-state index contributed by atoms with van der Waals surface area (Å²) in [5.41, 5.74) is 1.67. The summed E-state index contributed by atoms with van der Waals surface area (Å²) in [4.78, 5) is 13.8. The molecule has 1 aromatic carbocycles. The van der Waals surface area contributed by atoms with Gasteiger partial charge in [0.2, 0.25) is 5.91 Å². The molecule has 0 aliphatic carbocycles. The Labute approximate surface area is 95.7 Å². The van der Waals surface area contributed by atoms with E-state index in [-0.39, 0.29) is 17.7 Å². The Morgan fingerprint density at radius 3 is 2.56 bits per heavy atom. The summed E-state index contributed by atoms with van der Waals surface area (Å²) < 4.78 is 0. The van der Waals surface area contributed by atoms with Gasteiger partial charge < -0.3 is 10.0 Å². The number of para-hydroxylation sites is 1. The van der Waals surface area contributed by atoms with Crippen molar-refractivity contribution in [3.63, 3.8) is 0 Å². The van der Waals surface area contributed by atoms with Crippen LogP contribution in [0.2, 0.25) is 0 Å². The predicted octanol–water partition coefficient (Wildman–Crippen LogP) is 1.97. The smallest absolute Gasteiger partial charge is 0.233 e. The van der Waals surface area contributed by atoms with Gasteiger partial charge in [0, 0.05) is 18.3 Å². The molecule has 1 N–H and O–H groups in total. The molecule has 16 heavy (non-hydrogen) atoms. The molecule has 0 bridgehead atoms. The van der Waals surface area contributed by atoms with E-state index in [4.69, 9.17) is 0 Å². The lowest BCUT2D eigenvalue weighted by atomic mass is 9.82. The van der Waals surface area contributed by atoms with Gasteiger partial charge in [-0.2, -0.15) is 0 Å². The van der Waals surface area contributed by atoms with Gasteiger partial charge in [0.05, 0.1) is 12.0 Å². The number of rotatable bonds is 1. The van der Waals surface area contributed by atoms with Crippen molar-refractivity contribution in [2.45, 2.75) is 20.0 Å². The SMILES string of the molecule is CC(C)[C@@H]1C(=O)N(C)c2ccccc2[C@@H]1O. The van der Waals surface area contributed by atoms with Crippen molar-refractivity contribution in [2.24, 2.45) is 11.8 Å². The highest BCUT2D eigenvalue weighted by atomic mass is 16.3. The number of anilines is 1. The maximum absolute atomic E-state index is 12.1. The van der Waals surface area contributed by atoms with Crippen LogP contribution in [-0.2, 0) is 4.79 Å². The van der Waals surface area contributed by atoms with Crippen LogP contribution in [0.1, 0.15) is 25.5 Å². The third-order valence-corrected chi connectivity index (χ3v) is 3.29. The monoisotopic (exact) mass is 219 g/mol. The molecule has 0 radical (unpaired) electrons. The summed E-state index contributed by atoms with van der Waals surface area (Å²) >= 11 is 0. The molecule has 0 unspecified atom stereocenters. The molecule has 1 heterocycles. The Morgan fingerprint density at radius 1 is 1.31 bits per heavy atom. The van der Waals surface area contributed by atoms with Gasteiger partial charge in [-0.05, 0) is 12.0 Å². The van der Waals surface area contributed by atoms with Crippen LogP contribution in [0.3, 0.4) is 0 Å². The van der Waals surface area contributed by atoms with E-state index < -0.39 is 6.10 Å². The zero-order valence-electron chi connectivity index (χ0n) is 9.84. The fourth-order valence-corrected chi connectivity index (χ4v) is 2.36. The topological polar surface area (TPSA) is 40.5 Å². The second kappa shape index (κ2) is 3.91. The number of aliphatic hydroxyl groups is 1. The summed E-state index contributed by atoms with van der Waals surface area (Å²) in [6.45, 7) is 3.93. The van der Waals surface area contributed by atoms with Crippen molar-refractivity contribution in [1.82, 2.24) is 0 Å². The fraction of sp³-hybridized carbons (Fsp3) is 0.462. The lowest BCUT2D eigenvalue weighted by Gasteiger charge is -2.37. The number of hydrogen-bond acceptors (Lipinski definition) is 2. The number of fused-ring (bicyclic) bond motifs is 1. The molecule has 86 valence electrons. The van der Waals surface area contributed by atoms with Crippen molar-refractivity contribution in [1.29, 1.82) is 0 Å². The number of amides is 1. The minimum Gasteiger partial charge on any atom is -0.387 e. The van der Waals surface area contributed by atoms with Gasteiger partial charge in [0.15, 0.2) is 0 Å². The summed E-state index contributed by atoms with van der Waals surface area (Å²) in [6, 6.07) is 7.53. The number of carbonyl (C=O) groups is 1. The Balaban J connectivity index is 2.52. The van der Waals surface area contributed by atoms with E-state index in [1.54, 1.807) is 11.9 Å². The van der Waals surface area contributed by atoms with Crippen molar-refractivity contribution in [3.8, 4) is 0 Å². The van der Waals surface area contributed by atoms with Crippen LogP contribution in [0.25, 0.3) is 0 Å². The zero-order chi connectivity index (χ0) is 11.9. The standard InChI is InChI=1S/C13H17NO2/c1-8(2)11-12(15)9-6-4-5-7-10(9)14(3)13(11)16/h4-8,11-12,15H,1-3H3/t11-,12-/m0/s1. The van der Waals surface area contributed by atoms with E-state index in [2.05, 4.69) is 0 Å². The molecule has 0 saturated carbocycles. The quantitative estimate of drug-likeness (QED) is 0.784. The van der Waals surface area contributed by atoms with Crippen molar-refractivity contribution >= 4 is 11.6 Å². The van der Waals surface area contributed by atoms with Crippen LogP contribution >= 0.6 is 0 Å². The van der Waals surface area contributed by atoms with Crippen LogP contribution in [0.15, 0.2) is 24.3 Å². The van der Waals surface area contributed by atoms with E-state index in [0.717, 1.165) is 11.3 Å². The number of nitrogens with zero attached hydrogens (tertiary/aromatic N) is 1. The first kappa shape index (κ1) is 11.1. The summed E-state index contributed by atoms with van der Waals surface area (Å²) in [5, 5.41) is 10.2. The highest BCUT2D eigenvalue weighted by Crippen LogP contribution is 2.39. The van der Waals surface area contributed by atoms with Crippen LogP contribution < -0.4 is 4.90 Å². The van der Waals surface area contributed by atoms with Gasteiger partial charge in [-0.1, -0.05) is 32.0 Å². The molecule has 1 amide bonds. The molecular weight excluding hydrogens is 202 g/mol. The van der Waals surface area contributed by atoms with Crippen LogP contribution in [0.4, 0.5) is 5.69 Å². The van der Waals surface area contributed by atoms with Gasteiger partial charge in [0.25, 0.3) is 0 Å². The summed E-state index contributed by atoms with van der Waals surface area (Å²) in [6.07, 6.45) is -0.681. The maximum atomic E-state index is 12.1. The number of aliphatic hydroxyl groups excluding tert-OH is 1. The van der Waals surface area contributed by atoms with E-state index in [1.165, 1.54) is 0 Å². The van der Waals surface area contributed by atoms with Crippen molar-refractivity contribution < 1.29 is 9.90 Å². The molecule has 0 spiro atoms. The summed E-state index contributed by atoms with van der Waals surface area (Å²) in [5.74, 6) is -0.195. The predicted molar refractivity (Wildman–Crippen MR) is 63.1 cm³/mol. The fourth-order valence-electron chi connectivity index (χ4n) is 2.36. The molecule has 0 aromatic heterocycles. The Hall–Kier alpha value is -1.35. The first-order valence-electron chi connectivity index (χ1n) is 5.58. The Kier molecular flexibility index (Phi) is 2.72. The average Bonchev–Trinajstić information content (AvgIpc) is 2.26. The third kappa shape index (κ3) is 1.52. The van der Waals surface area contributed by atoms with E-state index in [0.29, 0.717) is 0 Å². The van der Waals surface area contributed by atoms with Crippen molar-refractivity contribution in [3.05, 3.63) is 29.8 Å². The average molecular weight is 219 g/mol. The molecule has 1 aliphatic heterocycles. The normalized spacial score (nSPS) is 24.8. The second-order valence-electron chi connectivity index (χ2n) is 4.67. The molecule has 2 atom stereocenters. The Morgan fingerprint density at radius 2 is 1.94 bits per heavy atom. The largest absolute Gasteiger partial charge is 0.387 e. The minimum absolute atomic E-state index is 0.00111. The lowest BCUT2D eigenvalue weighted by Crippen LogP contribution is -2.43. The van der Waals surface area contributed by atoms with Gasteiger partial charge in [-0.15, -0.1) is 0 Å². The molecule has 0 saturated heterocycles. The highest BCUT2D eigenvalue weighted by Gasteiger charge is 2.39. The van der Waals surface area contributed by atoms with Gasteiger partial charge >= 0.3 is 0 Å². The van der Waals surface area contributed by atoms with Gasteiger partial charge in [0.1, 0.15) is 0 Å². The van der Waals surface area contributed by atoms with E-state index in [9.17, 15) is 9.90 Å². The molecular formula is C13H17NO2. The molecule has 1 aromatic rings. The zero-order valence-corrected chi connectivity index (χ0v) is 9.84. The number of carbonyl (C=O) groups excluding carboxylic acids is 1. The summed E-state index contributed by atoms with van der Waals surface area (Å²) in [7, 11) is 1.77. The van der Waals surface area contributed by atoms with E-state index in [1.807, 2.05) is 38.1 Å². The Bertz CT molecular complexity index is 414. The molecule has 3 nitrogen and oxygen atoms in total. The molecule has 0 fully saturated rings.